The second kappa shape index (κ2) is 6.37. The molecule has 1 fully saturated rings. The van der Waals surface area contributed by atoms with Crippen molar-refractivity contribution in [3.8, 4) is 0 Å². The Morgan fingerprint density at radius 3 is 2.79 bits per heavy atom. The van der Waals surface area contributed by atoms with Crippen molar-refractivity contribution in [1.82, 2.24) is 5.32 Å². The Bertz CT molecular complexity index is 446. The fourth-order valence-corrected chi connectivity index (χ4v) is 2.14. The van der Waals surface area contributed by atoms with Crippen LogP contribution < -0.4 is 5.32 Å². The van der Waals surface area contributed by atoms with E-state index in [4.69, 9.17) is 16.3 Å². The van der Waals surface area contributed by atoms with Gasteiger partial charge in [-0.3, -0.25) is 4.79 Å². The molecule has 1 aromatic carbocycles. The van der Waals surface area contributed by atoms with Gasteiger partial charge in [0, 0.05) is 11.6 Å². The SMILES string of the molecule is O=C(COCc1ccccc1Cl)NCC1(O)CCC1. The second-order valence-corrected chi connectivity index (χ2v) is 5.35. The van der Waals surface area contributed by atoms with Gasteiger partial charge in [0.2, 0.25) is 5.91 Å². The molecule has 1 amide bonds. The summed E-state index contributed by atoms with van der Waals surface area (Å²) < 4.78 is 5.30. The molecule has 0 unspecified atom stereocenters. The highest BCUT2D eigenvalue weighted by Crippen LogP contribution is 2.30. The molecule has 0 aromatic heterocycles. The molecule has 1 saturated carbocycles. The number of amides is 1. The molecule has 0 aliphatic heterocycles. The predicted octanol–water partition coefficient (Wildman–Crippen LogP) is 1.89. The number of nitrogens with one attached hydrogen (secondary N) is 1. The number of carbonyl (C=O) groups is 1. The van der Waals surface area contributed by atoms with E-state index >= 15 is 0 Å². The van der Waals surface area contributed by atoms with Crippen LogP contribution in [0.3, 0.4) is 0 Å². The fraction of sp³-hybridized carbons (Fsp3) is 0.500. The Balaban J connectivity index is 1.65. The van der Waals surface area contributed by atoms with Crippen LogP contribution in [0.2, 0.25) is 5.02 Å². The summed E-state index contributed by atoms with van der Waals surface area (Å²) in [6.07, 6.45) is 2.54. The lowest BCUT2D eigenvalue weighted by molar-refractivity contribution is -0.128. The predicted molar refractivity (Wildman–Crippen MR) is 72.9 cm³/mol. The van der Waals surface area contributed by atoms with Gasteiger partial charge in [0.1, 0.15) is 6.61 Å². The van der Waals surface area contributed by atoms with Crippen LogP contribution in [0.25, 0.3) is 0 Å². The summed E-state index contributed by atoms with van der Waals surface area (Å²) in [4.78, 5) is 11.5. The number of carbonyl (C=O) groups excluding carboxylic acids is 1. The van der Waals surface area contributed by atoms with Gasteiger partial charge >= 0.3 is 0 Å². The van der Waals surface area contributed by atoms with Crippen LogP contribution in [0.4, 0.5) is 0 Å². The second-order valence-electron chi connectivity index (χ2n) is 4.94. The van der Waals surface area contributed by atoms with Gasteiger partial charge in [0.25, 0.3) is 0 Å². The molecule has 0 atom stereocenters. The van der Waals surface area contributed by atoms with E-state index in [0.29, 0.717) is 18.2 Å². The van der Waals surface area contributed by atoms with Gasteiger partial charge in [-0.15, -0.1) is 0 Å². The first-order valence-corrected chi connectivity index (χ1v) is 6.77. The van der Waals surface area contributed by atoms with Crippen LogP contribution in [0.5, 0.6) is 0 Å². The summed E-state index contributed by atoms with van der Waals surface area (Å²) in [6.45, 7) is 0.583. The smallest absolute Gasteiger partial charge is 0.246 e. The van der Waals surface area contributed by atoms with E-state index in [0.717, 1.165) is 24.8 Å². The molecule has 5 heteroatoms. The van der Waals surface area contributed by atoms with E-state index in [1.54, 1.807) is 6.07 Å². The molecule has 0 radical (unpaired) electrons. The Labute approximate surface area is 117 Å². The molecule has 2 N–H and O–H groups in total. The molecule has 0 heterocycles. The quantitative estimate of drug-likeness (QED) is 0.838. The largest absolute Gasteiger partial charge is 0.388 e. The zero-order chi connectivity index (χ0) is 13.7. The fourth-order valence-electron chi connectivity index (χ4n) is 1.94. The van der Waals surface area contributed by atoms with Gasteiger partial charge in [-0.2, -0.15) is 0 Å². The van der Waals surface area contributed by atoms with Gasteiger partial charge in [-0.1, -0.05) is 29.8 Å². The van der Waals surface area contributed by atoms with Crippen LogP contribution in [-0.2, 0) is 16.1 Å². The van der Waals surface area contributed by atoms with E-state index in [-0.39, 0.29) is 12.5 Å². The van der Waals surface area contributed by atoms with E-state index < -0.39 is 5.60 Å². The van der Waals surface area contributed by atoms with Crippen molar-refractivity contribution in [2.24, 2.45) is 0 Å². The molecule has 0 saturated heterocycles. The van der Waals surface area contributed by atoms with Crippen LogP contribution >= 0.6 is 11.6 Å². The normalized spacial score (nSPS) is 16.7. The minimum Gasteiger partial charge on any atom is -0.388 e. The summed E-state index contributed by atoms with van der Waals surface area (Å²) in [5, 5.41) is 13.1. The average Bonchev–Trinajstić information content (AvgIpc) is 2.36. The molecule has 19 heavy (non-hydrogen) atoms. The Hall–Kier alpha value is -1.10. The highest BCUT2D eigenvalue weighted by atomic mass is 35.5. The Morgan fingerprint density at radius 2 is 2.16 bits per heavy atom. The maximum Gasteiger partial charge on any atom is 0.246 e. The van der Waals surface area contributed by atoms with E-state index in [2.05, 4.69) is 5.32 Å². The average molecular weight is 284 g/mol. The molecule has 0 spiro atoms. The number of halogens is 1. The number of ether oxygens (including phenoxy) is 1. The van der Waals surface area contributed by atoms with Crippen molar-refractivity contribution >= 4 is 17.5 Å². The molecule has 0 bridgehead atoms. The highest BCUT2D eigenvalue weighted by molar-refractivity contribution is 6.31. The summed E-state index contributed by atoms with van der Waals surface area (Å²) >= 11 is 5.97. The summed E-state index contributed by atoms with van der Waals surface area (Å²) in [6, 6.07) is 7.36. The summed E-state index contributed by atoms with van der Waals surface area (Å²) in [5.41, 5.74) is 0.160. The van der Waals surface area contributed by atoms with Gasteiger partial charge in [0.15, 0.2) is 0 Å². The van der Waals surface area contributed by atoms with Crippen LogP contribution in [-0.4, -0.2) is 29.8 Å². The molecule has 4 nitrogen and oxygen atoms in total. The monoisotopic (exact) mass is 283 g/mol. The summed E-state index contributed by atoms with van der Waals surface area (Å²) in [7, 11) is 0. The molecule has 1 aromatic rings. The van der Waals surface area contributed by atoms with Gasteiger partial charge in [0.05, 0.1) is 12.2 Å². The maximum atomic E-state index is 11.5. The third-order valence-corrected chi connectivity index (χ3v) is 3.72. The number of hydrogen-bond acceptors (Lipinski definition) is 3. The molecular formula is C14H18ClNO3. The number of benzene rings is 1. The number of aliphatic hydroxyl groups is 1. The zero-order valence-electron chi connectivity index (χ0n) is 10.7. The minimum absolute atomic E-state index is 0.0265. The topological polar surface area (TPSA) is 58.6 Å². The Kier molecular flexibility index (Phi) is 4.80. The van der Waals surface area contributed by atoms with Crippen molar-refractivity contribution < 1.29 is 14.6 Å². The lowest BCUT2D eigenvalue weighted by Gasteiger charge is -2.36. The van der Waals surface area contributed by atoms with Crippen molar-refractivity contribution in [3.63, 3.8) is 0 Å². The van der Waals surface area contributed by atoms with Gasteiger partial charge < -0.3 is 15.2 Å². The van der Waals surface area contributed by atoms with E-state index in [1.165, 1.54) is 0 Å². The highest BCUT2D eigenvalue weighted by Gasteiger charge is 2.34. The minimum atomic E-state index is -0.696. The van der Waals surface area contributed by atoms with E-state index in [9.17, 15) is 9.90 Å². The zero-order valence-corrected chi connectivity index (χ0v) is 11.4. The lowest BCUT2D eigenvalue weighted by Crippen LogP contribution is -2.48. The Morgan fingerprint density at radius 1 is 1.42 bits per heavy atom. The molecule has 2 rings (SSSR count). The van der Waals surface area contributed by atoms with Crippen LogP contribution in [0.15, 0.2) is 24.3 Å². The lowest BCUT2D eigenvalue weighted by atomic mass is 9.80. The number of hydrogen-bond donors (Lipinski definition) is 2. The van der Waals surface area contributed by atoms with Gasteiger partial charge in [-0.05, 0) is 30.9 Å². The molecule has 104 valence electrons. The van der Waals surface area contributed by atoms with Crippen molar-refractivity contribution in [1.29, 1.82) is 0 Å². The standard InChI is InChI=1S/C14H18ClNO3/c15-12-5-2-1-4-11(12)8-19-9-13(17)16-10-14(18)6-3-7-14/h1-2,4-5,18H,3,6-10H2,(H,16,17). The third kappa shape index (κ3) is 4.20. The molecule has 1 aliphatic rings. The number of rotatable bonds is 6. The third-order valence-electron chi connectivity index (χ3n) is 3.35. The first-order chi connectivity index (χ1) is 9.09. The van der Waals surface area contributed by atoms with E-state index in [1.807, 2.05) is 18.2 Å². The molecular weight excluding hydrogens is 266 g/mol. The summed E-state index contributed by atoms with van der Waals surface area (Å²) in [5.74, 6) is -0.215. The van der Waals surface area contributed by atoms with Gasteiger partial charge in [-0.25, -0.2) is 0 Å². The van der Waals surface area contributed by atoms with Crippen molar-refractivity contribution in [2.75, 3.05) is 13.2 Å². The van der Waals surface area contributed by atoms with Crippen molar-refractivity contribution in [3.05, 3.63) is 34.9 Å². The first-order valence-electron chi connectivity index (χ1n) is 6.39. The molecule has 1 aliphatic carbocycles. The van der Waals surface area contributed by atoms with Crippen LogP contribution in [0, 0.1) is 0 Å². The van der Waals surface area contributed by atoms with Crippen LogP contribution in [0.1, 0.15) is 24.8 Å². The maximum absolute atomic E-state index is 11.5. The first kappa shape index (κ1) is 14.3. The van der Waals surface area contributed by atoms with Crippen molar-refractivity contribution in [2.45, 2.75) is 31.5 Å².